The zero-order valence-electron chi connectivity index (χ0n) is 7.67. The average molecular weight is 151 g/mol. The Morgan fingerprint density at radius 1 is 1.36 bits per heavy atom. The monoisotopic (exact) mass is 151 g/mol. The quantitative estimate of drug-likeness (QED) is 0.584. The summed E-state index contributed by atoms with van der Waals surface area (Å²) in [6, 6.07) is 0. The molecule has 11 heavy (non-hydrogen) atoms. The van der Waals surface area contributed by atoms with Crippen LogP contribution in [0.5, 0.6) is 0 Å². The zero-order valence-corrected chi connectivity index (χ0v) is 7.67. The molecule has 0 aromatic rings. The van der Waals surface area contributed by atoms with E-state index in [1.54, 1.807) is 0 Å². The van der Waals surface area contributed by atoms with Gasteiger partial charge in [0.1, 0.15) is 0 Å². The van der Waals surface area contributed by atoms with Crippen LogP contribution in [0.4, 0.5) is 0 Å². The molecule has 0 spiro atoms. The largest absolute Gasteiger partial charge is 0.309 e. The molecule has 1 nitrogen and oxygen atoms in total. The van der Waals surface area contributed by atoms with E-state index >= 15 is 0 Å². The number of nitrogens with zero attached hydrogens (tertiary/aromatic N) is 1. The third-order valence-corrected chi connectivity index (χ3v) is 2.01. The van der Waals surface area contributed by atoms with Crippen LogP contribution in [0.1, 0.15) is 13.3 Å². The second-order valence-corrected chi connectivity index (χ2v) is 3.88. The van der Waals surface area contributed by atoms with E-state index in [0.29, 0.717) is 5.41 Å². The Labute approximate surface area is 69.4 Å². The maximum Gasteiger partial charge on any atom is 0.00670 e. The van der Waals surface area contributed by atoms with Gasteiger partial charge in [-0.2, -0.15) is 0 Å². The second kappa shape index (κ2) is 3.22. The molecular weight excluding hydrogens is 134 g/mol. The first-order valence-electron chi connectivity index (χ1n) is 4.11. The topological polar surface area (TPSA) is 3.24 Å². The fraction of sp³-hybridized carbons (Fsp3) is 0.600. The van der Waals surface area contributed by atoms with Crippen molar-refractivity contribution in [3.8, 4) is 0 Å². The molecule has 0 unspecified atom stereocenters. The van der Waals surface area contributed by atoms with Gasteiger partial charge in [0.15, 0.2) is 0 Å². The molecule has 0 aromatic carbocycles. The molecule has 0 N–H and O–H groups in total. The maximum atomic E-state index is 2.30. The Bertz CT molecular complexity index is 179. The molecule has 1 aliphatic rings. The highest BCUT2D eigenvalue weighted by atomic mass is 15.1. The van der Waals surface area contributed by atoms with E-state index < -0.39 is 0 Å². The van der Waals surface area contributed by atoms with Gasteiger partial charge in [-0.15, -0.1) is 0 Å². The van der Waals surface area contributed by atoms with Gasteiger partial charge in [-0.1, -0.05) is 31.2 Å². The summed E-state index contributed by atoms with van der Waals surface area (Å²) in [7, 11) is 4.24. The summed E-state index contributed by atoms with van der Waals surface area (Å²) in [5.74, 6) is 0. The van der Waals surface area contributed by atoms with E-state index in [0.717, 1.165) is 6.54 Å². The van der Waals surface area contributed by atoms with Gasteiger partial charge in [0, 0.05) is 12.0 Å². The lowest BCUT2D eigenvalue weighted by atomic mass is 9.83. The van der Waals surface area contributed by atoms with Gasteiger partial charge in [-0.3, -0.25) is 0 Å². The predicted octanol–water partition coefficient (Wildman–Crippen LogP) is 2.07. The van der Waals surface area contributed by atoms with E-state index in [1.165, 1.54) is 6.42 Å². The SMILES string of the molecule is CN(C)C[C@@]1(C)C=CC=CC1. The summed E-state index contributed by atoms with van der Waals surface area (Å²) < 4.78 is 0. The van der Waals surface area contributed by atoms with Crippen molar-refractivity contribution in [2.75, 3.05) is 20.6 Å². The predicted molar refractivity (Wildman–Crippen MR) is 49.6 cm³/mol. The highest BCUT2D eigenvalue weighted by molar-refractivity contribution is 5.15. The van der Waals surface area contributed by atoms with Gasteiger partial charge in [-0.25, -0.2) is 0 Å². The minimum atomic E-state index is 0.359. The van der Waals surface area contributed by atoms with Crippen molar-refractivity contribution in [1.82, 2.24) is 4.90 Å². The van der Waals surface area contributed by atoms with Gasteiger partial charge in [-0.05, 0) is 20.5 Å². The van der Waals surface area contributed by atoms with Crippen LogP contribution in [0.3, 0.4) is 0 Å². The number of hydrogen-bond acceptors (Lipinski definition) is 1. The number of allylic oxidation sites excluding steroid dienone is 3. The standard InChI is InChI=1S/C10H17N/c1-10(9-11(2)3)7-5-4-6-8-10/h4-7H,8-9H2,1-3H3/t10-/m0/s1. The first-order valence-corrected chi connectivity index (χ1v) is 4.11. The van der Waals surface area contributed by atoms with Crippen LogP contribution >= 0.6 is 0 Å². The Morgan fingerprint density at radius 3 is 2.55 bits per heavy atom. The molecule has 0 aromatic heterocycles. The molecule has 0 fully saturated rings. The molecule has 0 saturated heterocycles. The summed E-state index contributed by atoms with van der Waals surface area (Å²) in [6.07, 6.45) is 9.97. The molecule has 1 aliphatic carbocycles. The van der Waals surface area contributed by atoms with Crippen LogP contribution in [-0.2, 0) is 0 Å². The minimum absolute atomic E-state index is 0.359. The van der Waals surface area contributed by atoms with Crippen LogP contribution in [0.25, 0.3) is 0 Å². The van der Waals surface area contributed by atoms with Gasteiger partial charge in [0.25, 0.3) is 0 Å². The van der Waals surface area contributed by atoms with Crippen LogP contribution < -0.4 is 0 Å². The third-order valence-electron chi connectivity index (χ3n) is 2.01. The van der Waals surface area contributed by atoms with Crippen molar-refractivity contribution in [3.63, 3.8) is 0 Å². The van der Waals surface area contributed by atoms with Crippen LogP contribution in [0.15, 0.2) is 24.3 Å². The van der Waals surface area contributed by atoms with Crippen molar-refractivity contribution in [3.05, 3.63) is 24.3 Å². The summed E-state index contributed by atoms with van der Waals surface area (Å²) in [6.45, 7) is 3.43. The molecule has 0 heterocycles. The molecule has 0 radical (unpaired) electrons. The Balaban J connectivity index is 2.54. The van der Waals surface area contributed by atoms with Gasteiger partial charge < -0.3 is 4.90 Å². The number of rotatable bonds is 2. The van der Waals surface area contributed by atoms with E-state index in [-0.39, 0.29) is 0 Å². The summed E-state index contributed by atoms with van der Waals surface area (Å²) in [5, 5.41) is 0. The van der Waals surface area contributed by atoms with E-state index in [2.05, 4.69) is 50.2 Å². The van der Waals surface area contributed by atoms with Crippen molar-refractivity contribution in [1.29, 1.82) is 0 Å². The molecule has 1 rings (SSSR count). The van der Waals surface area contributed by atoms with Gasteiger partial charge >= 0.3 is 0 Å². The van der Waals surface area contributed by atoms with Crippen LogP contribution in [0, 0.1) is 5.41 Å². The minimum Gasteiger partial charge on any atom is -0.309 e. The van der Waals surface area contributed by atoms with Gasteiger partial charge in [0.2, 0.25) is 0 Å². The average Bonchev–Trinajstić information content (AvgIpc) is 1.85. The van der Waals surface area contributed by atoms with Crippen LogP contribution in [-0.4, -0.2) is 25.5 Å². The lowest BCUT2D eigenvalue weighted by molar-refractivity contribution is 0.273. The van der Waals surface area contributed by atoms with Crippen molar-refractivity contribution in [2.45, 2.75) is 13.3 Å². The Kier molecular flexibility index (Phi) is 2.50. The molecule has 1 heteroatoms. The molecule has 0 bridgehead atoms. The molecule has 0 saturated carbocycles. The molecule has 1 atom stereocenters. The lowest BCUT2D eigenvalue weighted by Crippen LogP contribution is -2.29. The highest BCUT2D eigenvalue weighted by Crippen LogP contribution is 2.27. The highest BCUT2D eigenvalue weighted by Gasteiger charge is 2.20. The molecule has 62 valence electrons. The lowest BCUT2D eigenvalue weighted by Gasteiger charge is -2.29. The zero-order chi connectivity index (χ0) is 8.32. The van der Waals surface area contributed by atoms with Crippen LogP contribution in [0.2, 0.25) is 0 Å². The van der Waals surface area contributed by atoms with Crippen molar-refractivity contribution in [2.24, 2.45) is 5.41 Å². The fourth-order valence-corrected chi connectivity index (χ4v) is 1.61. The van der Waals surface area contributed by atoms with E-state index in [4.69, 9.17) is 0 Å². The number of hydrogen-bond donors (Lipinski definition) is 0. The van der Waals surface area contributed by atoms with Gasteiger partial charge in [0.05, 0.1) is 0 Å². The first kappa shape index (κ1) is 8.54. The molecule has 0 amide bonds. The fourth-order valence-electron chi connectivity index (χ4n) is 1.61. The van der Waals surface area contributed by atoms with Crippen molar-refractivity contribution >= 4 is 0 Å². The summed E-state index contributed by atoms with van der Waals surface area (Å²) >= 11 is 0. The normalized spacial score (nSPS) is 29.8. The summed E-state index contributed by atoms with van der Waals surface area (Å²) in [5.41, 5.74) is 0.359. The Morgan fingerprint density at radius 2 is 2.09 bits per heavy atom. The first-order chi connectivity index (χ1) is 5.12. The Hall–Kier alpha value is -0.560. The molecular formula is C10H17N. The third kappa shape index (κ3) is 2.51. The second-order valence-electron chi connectivity index (χ2n) is 3.88. The molecule has 0 aliphatic heterocycles. The summed E-state index contributed by atoms with van der Waals surface area (Å²) in [4.78, 5) is 2.24. The smallest absolute Gasteiger partial charge is 0.00670 e. The maximum absolute atomic E-state index is 2.30. The van der Waals surface area contributed by atoms with Crippen molar-refractivity contribution < 1.29 is 0 Å². The van der Waals surface area contributed by atoms with E-state index in [9.17, 15) is 0 Å². The van der Waals surface area contributed by atoms with E-state index in [1.807, 2.05) is 0 Å².